The lowest BCUT2D eigenvalue weighted by Crippen LogP contribution is -2.41. The number of aromatic nitrogens is 3. The molecule has 0 aromatic carbocycles. The quantitative estimate of drug-likeness (QED) is 0.818. The highest BCUT2D eigenvalue weighted by Gasteiger charge is 2.26. The summed E-state index contributed by atoms with van der Waals surface area (Å²) >= 11 is 0. The molecule has 0 unspecified atom stereocenters. The third-order valence-electron chi connectivity index (χ3n) is 3.84. The molecule has 21 heavy (non-hydrogen) atoms. The van der Waals surface area contributed by atoms with Crippen molar-refractivity contribution in [3.05, 3.63) is 12.7 Å². The number of rotatable bonds is 6. The normalized spacial score (nSPS) is 23.2. The number of nitrogens with one attached hydrogen (secondary N) is 2. The van der Waals surface area contributed by atoms with Crippen molar-refractivity contribution < 1.29 is 8.42 Å². The highest BCUT2D eigenvalue weighted by atomic mass is 32.2. The first-order valence-corrected chi connectivity index (χ1v) is 8.89. The number of hydrogen-bond acceptors (Lipinski definition) is 6. The summed E-state index contributed by atoms with van der Waals surface area (Å²) < 4.78 is 26.5. The summed E-state index contributed by atoms with van der Waals surface area (Å²) in [6, 6.07) is 0.0748. The molecule has 1 aliphatic rings. The Labute approximate surface area is 126 Å². The zero-order valence-electron chi connectivity index (χ0n) is 12.5. The van der Waals surface area contributed by atoms with Crippen LogP contribution in [0.15, 0.2) is 12.7 Å². The average molecular weight is 313 g/mol. The molecule has 0 saturated heterocycles. The fourth-order valence-corrected chi connectivity index (χ4v) is 3.39. The summed E-state index contributed by atoms with van der Waals surface area (Å²) in [5.74, 6) is 1.12. The predicted octanol–water partition coefficient (Wildman–Crippen LogP) is 1.17. The molecule has 1 heterocycles. The number of nitrogens with zero attached hydrogens (tertiary/aromatic N) is 3. The standard InChI is InChI=1S/C13H23N5O2S/c1-10(2)21(19,20)18-12-5-3-11(4-6-12)7-15-13-16-8-14-9-17-13/h8-12,18H,3-7H2,1-2H3,(H,14,15,16,17). The van der Waals surface area contributed by atoms with Crippen molar-refractivity contribution in [1.82, 2.24) is 19.7 Å². The van der Waals surface area contributed by atoms with E-state index in [4.69, 9.17) is 0 Å². The van der Waals surface area contributed by atoms with E-state index < -0.39 is 10.0 Å². The topological polar surface area (TPSA) is 96.9 Å². The molecule has 0 bridgehead atoms. The fraction of sp³-hybridized carbons (Fsp3) is 0.769. The van der Waals surface area contributed by atoms with Gasteiger partial charge in [0.15, 0.2) is 0 Å². The molecule has 7 nitrogen and oxygen atoms in total. The van der Waals surface area contributed by atoms with Crippen LogP contribution in [0.5, 0.6) is 0 Å². The van der Waals surface area contributed by atoms with Crippen molar-refractivity contribution in [2.75, 3.05) is 11.9 Å². The maximum atomic E-state index is 11.8. The molecule has 0 radical (unpaired) electrons. The van der Waals surface area contributed by atoms with Crippen LogP contribution in [-0.2, 0) is 10.0 Å². The SMILES string of the molecule is CC(C)S(=O)(=O)NC1CCC(CNc2ncncn2)CC1. The van der Waals surface area contributed by atoms with E-state index in [1.54, 1.807) is 13.8 Å². The van der Waals surface area contributed by atoms with E-state index in [1.165, 1.54) is 12.7 Å². The van der Waals surface area contributed by atoms with E-state index in [0.29, 0.717) is 11.9 Å². The van der Waals surface area contributed by atoms with Crippen LogP contribution in [0.1, 0.15) is 39.5 Å². The second-order valence-electron chi connectivity index (χ2n) is 5.77. The van der Waals surface area contributed by atoms with E-state index in [1.807, 2.05) is 0 Å². The van der Waals surface area contributed by atoms with Gasteiger partial charge in [0.05, 0.1) is 5.25 Å². The lowest BCUT2D eigenvalue weighted by atomic mass is 9.86. The second-order valence-corrected chi connectivity index (χ2v) is 8.04. The molecule has 0 aliphatic heterocycles. The first-order chi connectivity index (χ1) is 9.97. The molecule has 1 saturated carbocycles. The summed E-state index contributed by atoms with van der Waals surface area (Å²) in [7, 11) is -3.16. The van der Waals surface area contributed by atoms with Gasteiger partial charge in [-0.1, -0.05) is 0 Å². The van der Waals surface area contributed by atoms with Gasteiger partial charge in [-0.2, -0.15) is 0 Å². The van der Waals surface area contributed by atoms with Gasteiger partial charge in [-0.15, -0.1) is 0 Å². The minimum Gasteiger partial charge on any atom is -0.354 e. The molecule has 118 valence electrons. The Bertz CT molecular complexity index is 527. The zero-order chi connectivity index (χ0) is 15.3. The van der Waals surface area contributed by atoms with Gasteiger partial charge in [-0.3, -0.25) is 0 Å². The Morgan fingerprint density at radius 2 is 1.81 bits per heavy atom. The van der Waals surface area contributed by atoms with Crippen LogP contribution >= 0.6 is 0 Å². The molecule has 0 atom stereocenters. The van der Waals surface area contributed by atoms with E-state index in [9.17, 15) is 8.42 Å². The Hall–Kier alpha value is -1.28. The highest BCUT2D eigenvalue weighted by Crippen LogP contribution is 2.25. The maximum Gasteiger partial charge on any atom is 0.225 e. The van der Waals surface area contributed by atoms with Gasteiger partial charge >= 0.3 is 0 Å². The molecule has 1 fully saturated rings. The Morgan fingerprint density at radius 3 is 2.38 bits per heavy atom. The Morgan fingerprint density at radius 1 is 1.19 bits per heavy atom. The van der Waals surface area contributed by atoms with Crippen LogP contribution in [0.25, 0.3) is 0 Å². The van der Waals surface area contributed by atoms with Crippen molar-refractivity contribution in [3.63, 3.8) is 0 Å². The van der Waals surface area contributed by atoms with Crippen LogP contribution in [0, 0.1) is 5.92 Å². The van der Waals surface area contributed by atoms with Gasteiger partial charge in [0.25, 0.3) is 0 Å². The van der Waals surface area contributed by atoms with Crippen LogP contribution in [0.2, 0.25) is 0 Å². The van der Waals surface area contributed by atoms with Crippen molar-refractivity contribution in [3.8, 4) is 0 Å². The number of hydrogen-bond donors (Lipinski definition) is 2. The third kappa shape index (κ3) is 4.89. The smallest absolute Gasteiger partial charge is 0.225 e. The first-order valence-electron chi connectivity index (χ1n) is 7.34. The molecule has 1 aliphatic carbocycles. The molecule has 1 aromatic heterocycles. The van der Waals surface area contributed by atoms with E-state index in [-0.39, 0.29) is 11.3 Å². The molecule has 1 aromatic rings. The van der Waals surface area contributed by atoms with Crippen LogP contribution in [-0.4, -0.2) is 41.2 Å². The predicted molar refractivity (Wildman–Crippen MR) is 81.3 cm³/mol. The van der Waals surface area contributed by atoms with Gasteiger partial charge in [-0.25, -0.2) is 28.1 Å². The molecular formula is C13H23N5O2S. The molecule has 0 spiro atoms. The molecule has 2 N–H and O–H groups in total. The third-order valence-corrected chi connectivity index (χ3v) is 5.74. The van der Waals surface area contributed by atoms with Crippen molar-refractivity contribution in [1.29, 1.82) is 0 Å². The van der Waals surface area contributed by atoms with Crippen LogP contribution in [0.4, 0.5) is 5.95 Å². The van der Waals surface area contributed by atoms with Crippen molar-refractivity contribution in [2.24, 2.45) is 5.92 Å². The minimum atomic E-state index is -3.16. The largest absolute Gasteiger partial charge is 0.354 e. The lowest BCUT2D eigenvalue weighted by Gasteiger charge is -2.29. The summed E-state index contributed by atoms with van der Waals surface area (Å²) in [6.45, 7) is 4.22. The van der Waals surface area contributed by atoms with Gasteiger partial charge in [0.2, 0.25) is 16.0 Å². The summed E-state index contributed by atoms with van der Waals surface area (Å²) in [5, 5.41) is 2.82. The van der Waals surface area contributed by atoms with Gasteiger partial charge in [0.1, 0.15) is 12.7 Å². The monoisotopic (exact) mass is 313 g/mol. The fourth-order valence-electron chi connectivity index (χ4n) is 2.42. The second kappa shape index (κ2) is 7.13. The Balaban J connectivity index is 1.74. The van der Waals surface area contributed by atoms with Crippen molar-refractivity contribution in [2.45, 2.75) is 50.8 Å². The summed E-state index contributed by atoms with van der Waals surface area (Å²) in [6.07, 6.45) is 6.71. The molecule has 8 heteroatoms. The van der Waals surface area contributed by atoms with Gasteiger partial charge in [-0.05, 0) is 45.4 Å². The molecular weight excluding hydrogens is 290 g/mol. The highest BCUT2D eigenvalue weighted by molar-refractivity contribution is 7.90. The van der Waals surface area contributed by atoms with Crippen LogP contribution < -0.4 is 10.0 Å². The number of anilines is 1. The van der Waals surface area contributed by atoms with Crippen LogP contribution in [0.3, 0.4) is 0 Å². The molecule has 2 rings (SSSR count). The summed E-state index contributed by atoms with van der Waals surface area (Å²) in [4.78, 5) is 11.8. The van der Waals surface area contributed by atoms with E-state index >= 15 is 0 Å². The minimum absolute atomic E-state index is 0.0748. The Kier molecular flexibility index (Phi) is 5.46. The van der Waals surface area contributed by atoms with E-state index in [2.05, 4.69) is 25.0 Å². The van der Waals surface area contributed by atoms with E-state index in [0.717, 1.165) is 32.2 Å². The van der Waals surface area contributed by atoms with Gasteiger partial charge < -0.3 is 5.32 Å². The first kappa shape index (κ1) is 16.1. The lowest BCUT2D eigenvalue weighted by molar-refractivity contribution is 0.323. The maximum absolute atomic E-state index is 11.8. The number of sulfonamides is 1. The summed E-state index contributed by atoms with van der Waals surface area (Å²) in [5.41, 5.74) is 0. The molecule has 0 amide bonds. The van der Waals surface area contributed by atoms with Gasteiger partial charge in [0, 0.05) is 12.6 Å². The zero-order valence-corrected chi connectivity index (χ0v) is 13.3. The average Bonchev–Trinajstić information content (AvgIpc) is 2.47. The van der Waals surface area contributed by atoms with Crippen molar-refractivity contribution >= 4 is 16.0 Å².